The van der Waals surface area contributed by atoms with Crippen molar-refractivity contribution in [2.45, 2.75) is 0 Å². The molecule has 3 nitrogen and oxygen atoms in total. The Morgan fingerprint density at radius 3 is 2.69 bits per heavy atom. The molecule has 0 bridgehead atoms. The van der Waals surface area contributed by atoms with E-state index in [9.17, 15) is 4.79 Å². The maximum Gasteiger partial charge on any atom is 0.342 e. The Morgan fingerprint density at radius 1 is 1.31 bits per heavy atom. The molecule has 1 heterocycles. The van der Waals surface area contributed by atoms with E-state index in [0.717, 1.165) is 10.9 Å². The summed E-state index contributed by atoms with van der Waals surface area (Å²) in [4.78, 5) is 13.9. The molecular weight excluding hydrogens is 188 g/mol. The van der Waals surface area contributed by atoms with Gasteiger partial charge in [0.15, 0.2) is 0 Å². The van der Waals surface area contributed by atoms with Crippen molar-refractivity contribution < 1.29 is 17.0 Å². The average molecular weight is 197 g/mol. The molecule has 0 radical (unpaired) electrons. The quantitative estimate of drug-likeness (QED) is 0.460. The number of H-pyrrole nitrogens is 1. The molecule has 1 aromatic carbocycles. The highest BCUT2D eigenvalue weighted by molar-refractivity contribution is 5.73. The van der Waals surface area contributed by atoms with Crippen molar-refractivity contribution >= 4 is 10.9 Å². The first kappa shape index (κ1) is 9.74. The summed E-state index contributed by atoms with van der Waals surface area (Å²) in [5.74, 6) is 0. The van der Waals surface area contributed by atoms with E-state index < -0.39 is 0 Å². The fourth-order valence-corrected chi connectivity index (χ4v) is 1.28. The second-order valence-electron chi connectivity index (χ2n) is 2.73. The van der Waals surface area contributed by atoms with Gasteiger partial charge in [-0.2, -0.15) is 0 Å². The van der Waals surface area contributed by atoms with Gasteiger partial charge in [-0.15, -0.1) is 0 Å². The number of rotatable bonds is 0. The fourth-order valence-electron chi connectivity index (χ4n) is 1.28. The van der Waals surface area contributed by atoms with Crippen molar-refractivity contribution in [3.63, 3.8) is 0 Å². The van der Waals surface area contributed by atoms with Crippen LogP contribution in [0.25, 0.3) is 10.9 Å². The van der Waals surface area contributed by atoms with Crippen LogP contribution in [0.3, 0.4) is 0 Å². The molecule has 13 heavy (non-hydrogen) atoms. The minimum Gasteiger partial charge on any atom is -1.00 e. The molecule has 1 N–H and O–H groups in total. The van der Waals surface area contributed by atoms with Crippen LogP contribution < -0.4 is 22.5 Å². The van der Waals surface area contributed by atoms with Gasteiger partial charge in [-0.3, -0.25) is 0 Å². The summed E-state index contributed by atoms with van der Waals surface area (Å²) in [6, 6.07) is 7.51. The summed E-state index contributed by atoms with van der Waals surface area (Å²) < 4.78 is 1.89. The van der Waals surface area contributed by atoms with Crippen molar-refractivity contribution in [1.82, 2.24) is 4.98 Å². The maximum absolute atomic E-state index is 11.3. The van der Waals surface area contributed by atoms with Gasteiger partial charge in [0, 0.05) is 0 Å². The number of hydrogen-bond donors (Lipinski definition) is 1. The largest absolute Gasteiger partial charge is 1.00 e. The van der Waals surface area contributed by atoms with Crippen molar-refractivity contribution in [2.24, 2.45) is 7.05 Å². The Bertz CT molecular complexity index is 478. The summed E-state index contributed by atoms with van der Waals surface area (Å²) in [6.07, 6.45) is 1.66. The molecule has 0 unspecified atom stereocenters. The number of halogens is 1. The Hall–Kier alpha value is -1.35. The standard InChI is InChI=1S/C9H8N2O.ClH/c1-11-6-10-9(12)7-4-2-3-5-8(7)11;/h2-6H,1H3;1H. The molecule has 0 spiro atoms. The Labute approximate surface area is 81.4 Å². The SMILES string of the molecule is C[n+]1c[nH]c(=O)c2ccccc21.[Cl-]. The van der Waals surface area contributed by atoms with Crippen LogP contribution >= 0.6 is 0 Å². The monoisotopic (exact) mass is 196 g/mol. The summed E-state index contributed by atoms with van der Waals surface area (Å²) in [5, 5.41) is 0.725. The first-order valence-corrected chi connectivity index (χ1v) is 3.75. The Balaban J connectivity index is 0.000000845. The van der Waals surface area contributed by atoms with Crippen molar-refractivity contribution in [3.05, 3.63) is 40.9 Å². The highest BCUT2D eigenvalue weighted by Crippen LogP contribution is 2.00. The molecule has 0 aliphatic carbocycles. The first-order chi connectivity index (χ1) is 5.79. The van der Waals surface area contributed by atoms with Crippen LogP contribution in [0.1, 0.15) is 0 Å². The van der Waals surface area contributed by atoms with E-state index in [0.29, 0.717) is 0 Å². The Kier molecular flexibility index (Phi) is 2.68. The molecule has 0 atom stereocenters. The molecule has 2 aromatic rings. The zero-order chi connectivity index (χ0) is 8.55. The average Bonchev–Trinajstić information content (AvgIpc) is 2.12. The minimum atomic E-state index is -0.0382. The molecule has 0 saturated carbocycles. The highest BCUT2D eigenvalue weighted by Gasteiger charge is 2.03. The second kappa shape index (κ2) is 3.58. The predicted octanol–water partition coefficient (Wildman–Crippen LogP) is -2.64. The topological polar surface area (TPSA) is 36.7 Å². The van der Waals surface area contributed by atoms with Crippen molar-refractivity contribution in [1.29, 1.82) is 0 Å². The van der Waals surface area contributed by atoms with E-state index in [1.54, 1.807) is 6.33 Å². The number of benzene rings is 1. The lowest BCUT2D eigenvalue weighted by molar-refractivity contribution is -0.648. The summed E-state index contributed by atoms with van der Waals surface area (Å²) >= 11 is 0. The van der Waals surface area contributed by atoms with Gasteiger partial charge < -0.3 is 12.4 Å². The van der Waals surface area contributed by atoms with Gasteiger partial charge in [0.05, 0.1) is 7.05 Å². The zero-order valence-electron chi connectivity index (χ0n) is 7.12. The molecule has 4 heteroatoms. The number of nitrogens with one attached hydrogen (secondary N) is 1. The Morgan fingerprint density at radius 2 is 2.00 bits per heavy atom. The number of aromatic nitrogens is 2. The highest BCUT2D eigenvalue weighted by atomic mass is 35.5. The molecule has 0 fully saturated rings. The van der Waals surface area contributed by atoms with Crippen LogP contribution in [0.4, 0.5) is 0 Å². The smallest absolute Gasteiger partial charge is 0.342 e. The van der Waals surface area contributed by atoms with Gasteiger partial charge >= 0.3 is 5.56 Å². The number of fused-ring (bicyclic) bond motifs is 1. The van der Waals surface area contributed by atoms with E-state index in [-0.39, 0.29) is 18.0 Å². The van der Waals surface area contributed by atoms with Crippen molar-refractivity contribution in [3.8, 4) is 0 Å². The third-order valence-corrected chi connectivity index (χ3v) is 1.92. The maximum atomic E-state index is 11.3. The molecular formula is C9H9ClN2O. The minimum absolute atomic E-state index is 0. The lowest BCUT2D eigenvalue weighted by Crippen LogP contribution is -3.00. The summed E-state index contributed by atoms with van der Waals surface area (Å²) in [7, 11) is 1.90. The zero-order valence-corrected chi connectivity index (χ0v) is 7.88. The van der Waals surface area contributed by atoms with Crippen LogP contribution in [0, 0.1) is 0 Å². The number of aryl methyl sites for hydroxylation is 1. The van der Waals surface area contributed by atoms with Crippen molar-refractivity contribution in [2.75, 3.05) is 0 Å². The van der Waals surface area contributed by atoms with E-state index in [1.165, 1.54) is 0 Å². The van der Waals surface area contributed by atoms with Crippen LogP contribution in [0.5, 0.6) is 0 Å². The molecule has 0 aliphatic rings. The van der Waals surface area contributed by atoms with Crippen LogP contribution in [0.2, 0.25) is 0 Å². The number of para-hydroxylation sites is 1. The molecule has 0 saturated heterocycles. The van der Waals surface area contributed by atoms with Crippen LogP contribution in [-0.2, 0) is 7.05 Å². The van der Waals surface area contributed by atoms with Gasteiger partial charge in [-0.1, -0.05) is 12.1 Å². The number of aromatic amines is 1. The summed E-state index contributed by atoms with van der Waals surface area (Å²) in [6.45, 7) is 0. The van der Waals surface area contributed by atoms with E-state index in [1.807, 2.05) is 35.9 Å². The van der Waals surface area contributed by atoms with Gasteiger partial charge in [0.2, 0.25) is 6.33 Å². The number of nitrogens with zero attached hydrogens (tertiary/aromatic N) is 1. The van der Waals surface area contributed by atoms with Crippen LogP contribution in [0.15, 0.2) is 35.4 Å². The van der Waals surface area contributed by atoms with Crippen LogP contribution in [-0.4, -0.2) is 4.98 Å². The third-order valence-electron chi connectivity index (χ3n) is 1.92. The molecule has 68 valence electrons. The van der Waals surface area contributed by atoms with E-state index >= 15 is 0 Å². The molecule has 0 aliphatic heterocycles. The third kappa shape index (κ3) is 1.55. The van der Waals surface area contributed by atoms with E-state index in [4.69, 9.17) is 0 Å². The lowest BCUT2D eigenvalue weighted by Gasteiger charge is -1.94. The molecule has 0 amide bonds. The second-order valence-corrected chi connectivity index (χ2v) is 2.73. The van der Waals surface area contributed by atoms with Gasteiger partial charge in [-0.05, 0) is 12.1 Å². The summed E-state index contributed by atoms with van der Waals surface area (Å²) in [5.41, 5.74) is 0.907. The number of hydrogen-bond acceptors (Lipinski definition) is 1. The first-order valence-electron chi connectivity index (χ1n) is 3.75. The van der Waals surface area contributed by atoms with Gasteiger partial charge in [-0.25, -0.2) is 14.3 Å². The lowest BCUT2D eigenvalue weighted by atomic mass is 10.2. The normalized spacial score (nSPS) is 9.62. The molecule has 2 rings (SSSR count). The fraction of sp³-hybridized carbons (Fsp3) is 0.111. The molecule has 1 aromatic heterocycles. The van der Waals surface area contributed by atoms with Gasteiger partial charge in [0.25, 0.3) is 0 Å². The van der Waals surface area contributed by atoms with Gasteiger partial charge in [0.1, 0.15) is 10.9 Å². The predicted molar refractivity (Wildman–Crippen MR) is 45.7 cm³/mol. The van der Waals surface area contributed by atoms with E-state index in [2.05, 4.69) is 4.98 Å².